The fourth-order valence-corrected chi connectivity index (χ4v) is 2.62. The van der Waals surface area contributed by atoms with E-state index in [0.29, 0.717) is 10.3 Å². The van der Waals surface area contributed by atoms with Gasteiger partial charge in [0.2, 0.25) is 0 Å². The van der Waals surface area contributed by atoms with Crippen LogP contribution in [0.3, 0.4) is 0 Å². The quantitative estimate of drug-likeness (QED) is 0.679. The Bertz CT molecular complexity index is 865. The molecule has 3 rings (SSSR count). The molecule has 92 valence electrons. The highest BCUT2D eigenvalue weighted by Gasteiger charge is 2.11. The molecular weight excluding hydrogens is 254 g/mol. The molecule has 1 heterocycles. The number of fused-ring (bicyclic) bond motifs is 1. The van der Waals surface area contributed by atoms with E-state index in [-0.39, 0.29) is 0 Å². The first-order valence-electron chi connectivity index (χ1n) is 5.92. The molecule has 0 saturated heterocycles. The Morgan fingerprint density at radius 3 is 2.74 bits per heavy atom. The Hall–Kier alpha value is -2.38. The summed E-state index contributed by atoms with van der Waals surface area (Å²) in [4.78, 5) is 3.19. The summed E-state index contributed by atoms with van der Waals surface area (Å²) in [6.45, 7) is 2.04. The third-order valence-corrected chi connectivity index (χ3v) is 3.46. The molecule has 19 heavy (non-hydrogen) atoms. The monoisotopic (exact) mass is 265 g/mol. The Balaban J connectivity index is 2.47. The number of H-pyrrole nitrogens is 1. The topological polar surface area (TPSA) is 44.5 Å². The molecule has 0 amide bonds. The minimum absolute atomic E-state index is 0.604. The van der Waals surface area contributed by atoms with Crippen molar-refractivity contribution in [2.24, 2.45) is 0 Å². The smallest absolute Gasteiger partial charge is 0.182 e. The average molecular weight is 265 g/mol. The van der Waals surface area contributed by atoms with Crippen LogP contribution in [0.2, 0.25) is 0 Å². The summed E-state index contributed by atoms with van der Waals surface area (Å²) in [5, 5.41) is 9.24. The highest BCUT2D eigenvalue weighted by atomic mass is 32.1. The fraction of sp³-hybridized carbons (Fsp3) is 0.0667. The van der Waals surface area contributed by atoms with E-state index in [9.17, 15) is 5.26 Å². The zero-order valence-corrected chi connectivity index (χ0v) is 11.2. The van der Waals surface area contributed by atoms with Gasteiger partial charge in [0.1, 0.15) is 6.07 Å². The lowest BCUT2D eigenvalue weighted by Crippen LogP contribution is -1.98. The lowest BCUT2D eigenvalue weighted by Gasteiger charge is -2.08. The predicted molar refractivity (Wildman–Crippen MR) is 77.9 cm³/mol. The molecule has 0 spiro atoms. The van der Waals surface area contributed by atoms with Gasteiger partial charge in [-0.25, -0.2) is 0 Å². The Morgan fingerprint density at radius 2 is 1.95 bits per heavy atom. The SMILES string of the molecule is Cc1cccc2[nH]c(=S)n(-c3ccccc3C#N)c12. The van der Waals surface area contributed by atoms with Crippen molar-refractivity contribution in [1.82, 2.24) is 9.55 Å². The van der Waals surface area contributed by atoms with Gasteiger partial charge in [-0.2, -0.15) is 5.26 Å². The van der Waals surface area contributed by atoms with Crippen LogP contribution < -0.4 is 0 Å². The molecule has 0 bridgehead atoms. The van der Waals surface area contributed by atoms with E-state index in [0.717, 1.165) is 22.3 Å². The largest absolute Gasteiger partial charge is 0.330 e. The van der Waals surface area contributed by atoms with Gasteiger partial charge >= 0.3 is 0 Å². The lowest BCUT2D eigenvalue weighted by atomic mass is 10.1. The number of nitrogens with one attached hydrogen (secondary N) is 1. The summed E-state index contributed by atoms with van der Waals surface area (Å²) in [5.74, 6) is 0. The van der Waals surface area contributed by atoms with E-state index < -0.39 is 0 Å². The number of rotatable bonds is 1. The Kier molecular flexibility index (Phi) is 2.69. The number of aromatic amines is 1. The first-order chi connectivity index (χ1) is 9.22. The first kappa shape index (κ1) is 11.7. The summed E-state index contributed by atoms with van der Waals surface area (Å²) < 4.78 is 2.53. The molecule has 2 aromatic carbocycles. The van der Waals surface area contributed by atoms with Crippen molar-refractivity contribution in [3.05, 3.63) is 58.4 Å². The minimum Gasteiger partial charge on any atom is -0.330 e. The maximum absolute atomic E-state index is 9.24. The van der Waals surface area contributed by atoms with Gasteiger partial charge in [-0.1, -0.05) is 24.3 Å². The zero-order chi connectivity index (χ0) is 13.4. The van der Waals surface area contributed by atoms with Crippen LogP contribution in [-0.2, 0) is 0 Å². The van der Waals surface area contributed by atoms with Crippen LogP contribution in [0.4, 0.5) is 0 Å². The van der Waals surface area contributed by atoms with Crippen molar-refractivity contribution in [3.8, 4) is 11.8 Å². The molecule has 4 heteroatoms. The molecule has 1 aromatic heterocycles. The molecule has 3 nitrogen and oxygen atoms in total. The average Bonchev–Trinajstić information content (AvgIpc) is 2.76. The zero-order valence-electron chi connectivity index (χ0n) is 10.3. The van der Waals surface area contributed by atoms with E-state index >= 15 is 0 Å². The van der Waals surface area contributed by atoms with Crippen LogP contribution in [-0.4, -0.2) is 9.55 Å². The number of nitrogens with zero attached hydrogens (tertiary/aromatic N) is 2. The molecule has 0 saturated carbocycles. The van der Waals surface area contributed by atoms with Crippen molar-refractivity contribution in [2.45, 2.75) is 6.92 Å². The highest BCUT2D eigenvalue weighted by molar-refractivity contribution is 7.71. The molecule has 3 aromatic rings. The molecular formula is C15H11N3S. The molecule has 0 fully saturated rings. The van der Waals surface area contributed by atoms with Gasteiger partial charge in [-0.05, 0) is 42.9 Å². The number of aryl methyl sites for hydroxylation is 1. The van der Waals surface area contributed by atoms with E-state index in [1.54, 1.807) is 6.07 Å². The summed E-state index contributed by atoms with van der Waals surface area (Å²) in [6.07, 6.45) is 0. The third-order valence-electron chi connectivity index (χ3n) is 3.17. The summed E-state index contributed by atoms with van der Waals surface area (Å²) >= 11 is 5.40. The molecule has 0 aliphatic rings. The molecule has 0 aliphatic carbocycles. The maximum atomic E-state index is 9.24. The number of hydrogen-bond acceptors (Lipinski definition) is 2. The van der Waals surface area contributed by atoms with Crippen LogP contribution in [0.15, 0.2) is 42.5 Å². The van der Waals surface area contributed by atoms with E-state index in [1.807, 2.05) is 47.9 Å². The number of para-hydroxylation sites is 2. The second-order valence-electron chi connectivity index (χ2n) is 4.37. The number of imidazole rings is 1. The second kappa shape index (κ2) is 4.38. The van der Waals surface area contributed by atoms with Gasteiger partial charge < -0.3 is 4.98 Å². The van der Waals surface area contributed by atoms with E-state index in [1.165, 1.54) is 0 Å². The summed E-state index contributed by atoms with van der Waals surface area (Å²) in [7, 11) is 0. The molecule has 0 radical (unpaired) electrons. The first-order valence-corrected chi connectivity index (χ1v) is 6.33. The predicted octanol–water partition coefficient (Wildman–Crippen LogP) is 3.87. The van der Waals surface area contributed by atoms with Crippen molar-refractivity contribution in [3.63, 3.8) is 0 Å². The van der Waals surface area contributed by atoms with Gasteiger partial charge in [-0.15, -0.1) is 0 Å². The van der Waals surface area contributed by atoms with E-state index in [4.69, 9.17) is 12.2 Å². The molecule has 0 unspecified atom stereocenters. The molecule has 0 atom stereocenters. The highest BCUT2D eigenvalue weighted by Crippen LogP contribution is 2.24. The Labute approximate surface area is 115 Å². The van der Waals surface area contributed by atoms with Crippen LogP contribution in [0, 0.1) is 23.0 Å². The van der Waals surface area contributed by atoms with Crippen molar-refractivity contribution < 1.29 is 0 Å². The van der Waals surface area contributed by atoms with Crippen molar-refractivity contribution in [1.29, 1.82) is 5.26 Å². The maximum Gasteiger partial charge on any atom is 0.182 e. The molecule has 0 aliphatic heterocycles. The number of aromatic nitrogens is 2. The van der Waals surface area contributed by atoms with E-state index in [2.05, 4.69) is 11.1 Å². The number of benzene rings is 2. The van der Waals surface area contributed by atoms with Crippen molar-refractivity contribution in [2.75, 3.05) is 0 Å². The van der Waals surface area contributed by atoms with Crippen molar-refractivity contribution >= 4 is 23.3 Å². The fourth-order valence-electron chi connectivity index (χ4n) is 2.32. The lowest BCUT2D eigenvalue weighted by molar-refractivity contribution is 1.05. The van der Waals surface area contributed by atoms with Crippen LogP contribution in [0.25, 0.3) is 16.7 Å². The second-order valence-corrected chi connectivity index (χ2v) is 4.75. The number of nitriles is 1. The third kappa shape index (κ3) is 1.76. The van der Waals surface area contributed by atoms with Crippen LogP contribution in [0.1, 0.15) is 11.1 Å². The standard InChI is InChI=1S/C15H11N3S/c1-10-5-4-7-12-14(10)18(15(19)17-12)13-8-3-2-6-11(13)9-16/h2-8H,1H3,(H,17,19). The van der Waals surface area contributed by atoms with Gasteiger partial charge in [-0.3, -0.25) is 4.57 Å². The summed E-state index contributed by atoms with van der Waals surface area (Å²) in [5.41, 5.74) is 4.56. The Morgan fingerprint density at radius 1 is 1.16 bits per heavy atom. The van der Waals surface area contributed by atoms with Crippen LogP contribution in [0.5, 0.6) is 0 Å². The molecule has 1 N–H and O–H groups in total. The van der Waals surface area contributed by atoms with Gasteiger partial charge in [0, 0.05) is 0 Å². The van der Waals surface area contributed by atoms with Crippen LogP contribution >= 0.6 is 12.2 Å². The van der Waals surface area contributed by atoms with Gasteiger partial charge in [0.15, 0.2) is 4.77 Å². The number of hydrogen-bond donors (Lipinski definition) is 1. The van der Waals surface area contributed by atoms with Gasteiger partial charge in [0.05, 0.1) is 22.3 Å². The summed E-state index contributed by atoms with van der Waals surface area (Å²) in [6, 6.07) is 15.7. The van der Waals surface area contributed by atoms with Gasteiger partial charge in [0.25, 0.3) is 0 Å². The minimum atomic E-state index is 0.604. The normalized spacial score (nSPS) is 10.5.